The summed E-state index contributed by atoms with van der Waals surface area (Å²) in [6.07, 6.45) is 2.87. The van der Waals surface area contributed by atoms with Gasteiger partial charge in [0, 0.05) is 19.6 Å². The molecule has 2 heteroatoms. The summed E-state index contributed by atoms with van der Waals surface area (Å²) < 4.78 is 5.85. The van der Waals surface area contributed by atoms with E-state index in [-0.39, 0.29) is 0 Å². The van der Waals surface area contributed by atoms with E-state index in [1.165, 1.54) is 27.8 Å². The van der Waals surface area contributed by atoms with Crippen molar-refractivity contribution in [3.05, 3.63) is 70.3 Å². The lowest BCUT2D eigenvalue weighted by atomic mass is 9.95. The molecule has 2 aromatic carbocycles. The van der Waals surface area contributed by atoms with Gasteiger partial charge in [0.05, 0.1) is 12.2 Å². The Kier molecular flexibility index (Phi) is 6.73. The lowest BCUT2D eigenvalue weighted by molar-refractivity contribution is -0.0708. The molecule has 3 unspecified atom stereocenters. The van der Waals surface area contributed by atoms with Gasteiger partial charge in [0.15, 0.2) is 0 Å². The Morgan fingerprint density at radius 1 is 0.963 bits per heavy atom. The van der Waals surface area contributed by atoms with Crippen molar-refractivity contribution >= 4 is 0 Å². The van der Waals surface area contributed by atoms with Crippen LogP contribution in [0.2, 0.25) is 0 Å². The second-order valence-corrected chi connectivity index (χ2v) is 8.64. The largest absolute Gasteiger partial charge is 0.373 e. The van der Waals surface area contributed by atoms with Gasteiger partial charge in [0.1, 0.15) is 0 Å². The van der Waals surface area contributed by atoms with Crippen LogP contribution in [0.15, 0.2) is 42.5 Å². The maximum atomic E-state index is 5.85. The summed E-state index contributed by atoms with van der Waals surface area (Å²) in [5, 5.41) is 0. The maximum absolute atomic E-state index is 5.85. The summed E-state index contributed by atoms with van der Waals surface area (Å²) in [6, 6.07) is 15.9. The minimum absolute atomic E-state index is 0.352. The number of ether oxygens (including phenoxy) is 1. The standard InChI is InChI=1S/C25H35NO/c1-18(15-26-16-20(3)27-21(4)17-26)13-23-9-11-24(12-10-23)14-25-8-6-7-19(2)22(25)5/h6-12,18,20-21H,13-17H2,1-5H3. The van der Waals surface area contributed by atoms with Crippen molar-refractivity contribution in [2.45, 2.75) is 59.7 Å². The molecule has 0 amide bonds. The summed E-state index contributed by atoms with van der Waals surface area (Å²) in [4.78, 5) is 2.57. The van der Waals surface area contributed by atoms with E-state index in [1.807, 2.05) is 0 Å². The van der Waals surface area contributed by atoms with Crippen molar-refractivity contribution in [1.82, 2.24) is 4.90 Å². The molecule has 27 heavy (non-hydrogen) atoms. The number of hydrogen-bond acceptors (Lipinski definition) is 2. The number of benzene rings is 2. The van der Waals surface area contributed by atoms with Gasteiger partial charge in [-0.15, -0.1) is 0 Å². The lowest BCUT2D eigenvalue weighted by Crippen LogP contribution is -2.47. The third-order valence-corrected chi connectivity index (χ3v) is 5.78. The number of morpholine rings is 1. The van der Waals surface area contributed by atoms with Crippen LogP contribution in [-0.2, 0) is 17.6 Å². The molecule has 2 nitrogen and oxygen atoms in total. The van der Waals surface area contributed by atoms with E-state index in [2.05, 4.69) is 82.0 Å². The van der Waals surface area contributed by atoms with Crippen molar-refractivity contribution in [3.8, 4) is 0 Å². The first-order valence-electron chi connectivity index (χ1n) is 10.4. The van der Waals surface area contributed by atoms with Crippen molar-refractivity contribution in [3.63, 3.8) is 0 Å². The van der Waals surface area contributed by atoms with Crippen LogP contribution in [0.1, 0.15) is 48.6 Å². The SMILES string of the molecule is Cc1cccc(Cc2ccc(CC(C)CN3CC(C)OC(C)C3)cc2)c1C. The second-order valence-electron chi connectivity index (χ2n) is 8.64. The van der Waals surface area contributed by atoms with Gasteiger partial charge in [-0.1, -0.05) is 49.4 Å². The van der Waals surface area contributed by atoms with Gasteiger partial charge >= 0.3 is 0 Å². The Balaban J connectivity index is 1.55. The highest BCUT2D eigenvalue weighted by molar-refractivity contribution is 5.37. The third-order valence-electron chi connectivity index (χ3n) is 5.78. The number of nitrogens with zero attached hydrogens (tertiary/aromatic N) is 1. The molecule has 1 saturated heterocycles. The van der Waals surface area contributed by atoms with E-state index < -0.39 is 0 Å². The highest BCUT2D eigenvalue weighted by Crippen LogP contribution is 2.19. The summed E-state index contributed by atoms with van der Waals surface area (Å²) in [5.41, 5.74) is 7.08. The molecular weight excluding hydrogens is 330 g/mol. The van der Waals surface area contributed by atoms with Crippen molar-refractivity contribution in [2.24, 2.45) is 5.92 Å². The normalized spacial score (nSPS) is 22.0. The predicted octanol–water partition coefficient (Wildman–Crippen LogP) is 5.18. The summed E-state index contributed by atoms with van der Waals surface area (Å²) in [7, 11) is 0. The molecule has 0 saturated carbocycles. The third kappa shape index (κ3) is 5.67. The second kappa shape index (κ2) is 9.03. The Hall–Kier alpha value is -1.64. The summed E-state index contributed by atoms with van der Waals surface area (Å²) >= 11 is 0. The van der Waals surface area contributed by atoms with Crippen molar-refractivity contribution < 1.29 is 4.74 Å². The molecule has 0 aromatic heterocycles. The fraction of sp³-hybridized carbons (Fsp3) is 0.520. The first-order chi connectivity index (χ1) is 12.9. The van der Waals surface area contributed by atoms with Crippen LogP contribution in [0.5, 0.6) is 0 Å². The zero-order valence-electron chi connectivity index (χ0n) is 17.7. The number of aryl methyl sites for hydroxylation is 1. The average Bonchev–Trinajstić information content (AvgIpc) is 2.59. The summed E-state index contributed by atoms with van der Waals surface area (Å²) in [6.45, 7) is 14.4. The molecule has 0 spiro atoms. The quantitative estimate of drug-likeness (QED) is 0.699. The number of rotatable bonds is 6. The molecule has 1 aliphatic rings. The van der Waals surface area contributed by atoms with E-state index >= 15 is 0 Å². The monoisotopic (exact) mass is 365 g/mol. The van der Waals surface area contributed by atoms with Gasteiger partial charge in [0.2, 0.25) is 0 Å². The van der Waals surface area contributed by atoms with Gasteiger partial charge < -0.3 is 4.74 Å². The van der Waals surface area contributed by atoms with Gasteiger partial charge in [-0.2, -0.15) is 0 Å². The maximum Gasteiger partial charge on any atom is 0.0678 e. The molecule has 1 aliphatic heterocycles. The molecule has 0 radical (unpaired) electrons. The van der Waals surface area contributed by atoms with Crippen LogP contribution >= 0.6 is 0 Å². The molecule has 1 heterocycles. The minimum atomic E-state index is 0.352. The molecule has 1 fully saturated rings. The Bertz CT molecular complexity index is 726. The van der Waals surface area contributed by atoms with E-state index in [0.717, 1.165) is 32.5 Å². The van der Waals surface area contributed by atoms with Crippen LogP contribution in [0.25, 0.3) is 0 Å². The molecule has 0 N–H and O–H groups in total. The first-order valence-corrected chi connectivity index (χ1v) is 10.4. The van der Waals surface area contributed by atoms with E-state index in [0.29, 0.717) is 18.1 Å². The van der Waals surface area contributed by atoms with Crippen LogP contribution in [0, 0.1) is 19.8 Å². The molecule has 0 aliphatic carbocycles. The molecule has 3 rings (SSSR count). The predicted molar refractivity (Wildman–Crippen MR) is 114 cm³/mol. The molecule has 146 valence electrons. The van der Waals surface area contributed by atoms with Crippen LogP contribution in [0.4, 0.5) is 0 Å². The smallest absolute Gasteiger partial charge is 0.0678 e. The van der Waals surface area contributed by atoms with Crippen LogP contribution < -0.4 is 0 Å². The minimum Gasteiger partial charge on any atom is -0.373 e. The number of hydrogen-bond donors (Lipinski definition) is 0. The van der Waals surface area contributed by atoms with Crippen LogP contribution in [-0.4, -0.2) is 36.7 Å². The topological polar surface area (TPSA) is 12.5 Å². The Labute approximate surface area is 165 Å². The fourth-order valence-electron chi connectivity index (χ4n) is 4.36. The van der Waals surface area contributed by atoms with Crippen molar-refractivity contribution in [2.75, 3.05) is 19.6 Å². The first kappa shape index (κ1) is 20.1. The lowest BCUT2D eigenvalue weighted by Gasteiger charge is -2.36. The zero-order chi connectivity index (χ0) is 19.4. The highest BCUT2D eigenvalue weighted by atomic mass is 16.5. The Morgan fingerprint density at radius 3 is 2.26 bits per heavy atom. The van der Waals surface area contributed by atoms with Gasteiger partial charge in [0.25, 0.3) is 0 Å². The molecular formula is C25H35NO. The highest BCUT2D eigenvalue weighted by Gasteiger charge is 2.23. The molecule has 3 atom stereocenters. The van der Waals surface area contributed by atoms with Crippen molar-refractivity contribution in [1.29, 1.82) is 0 Å². The summed E-state index contributed by atoms with van der Waals surface area (Å²) in [5.74, 6) is 0.660. The van der Waals surface area contributed by atoms with Gasteiger partial charge in [-0.05, 0) is 74.3 Å². The van der Waals surface area contributed by atoms with Crippen LogP contribution in [0.3, 0.4) is 0 Å². The fourth-order valence-corrected chi connectivity index (χ4v) is 4.36. The zero-order valence-corrected chi connectivity index (χ0v) is 17.7. The van der Waals surface area contributed by atoms with Gasteiger partial charge in [-0.25, -0.2) is 0 Å². The Morgan fingerprint density at radius 2 is 1.59 bits per heavy atom. The molecule has 2 aromatic rings. The van der Waals surface area contributed by atoms with E-state index in [9.17, 15) is 0 Å². The average molecular weight is 366 g/mol. The van der Waals surface area contributed by atoms with Gasteiger partial charge in [-0.3, -0.25) is 4.90 Å². The van der Waals surface area contributed by atoms with E-state index in [1.54, 1.807) is 0 Å². The van der Waals surface area contributed by atoms with E-state index in [4.69, 9.17) is 4.74 Å². The molecule has 0 bridgehead atoms.